The van der Waals surface area contributed by atoms with Gasteiger partial charge in [-0.25, -0.2) is 0 Å². The maximum Gasteiger partial charge on any atom is 0.220 e. The molecule has 2 heterocycles. The van der Waals surface area contributed by atoms with Crippen molar-refractivity contribution >= 4 is 5.91 Å². The molecule has 388 valence electrons. The molecule has 0 aliphatic carbocycles. The van der Waals surface area contributed by atoms with Gasteiger partial charge in [-0.3, -0.25) is 4.79 Å². The zero-order valence-corrected chi connectivity index (χ0v) is 41.2. The average molecular weight is 944 g/mol. The van der Waals surface area contributed by atoms with Crippen LogP contribution in [0.5, 0.6) is 0 Å². The number of unbranched alkanes of at least 4 members (excludes halogenated alkanes) is 26. The van der Waals surface area contributed by atoms with E-state index in [-0.39, 0.29) is 18.9 Å². The molecule has 0 radical (unpaired) electrons. The maximum atomic E-state index is 13.1. The van der Waals surface area contributed by atoms with Crippen molar-refractivity contribution in [2.45, 2.75) is 280 Å². The van der Waals surface area contributed by atoms with E-state index in [1.807, 2.05) is 6.08 Å². The molecule has 14 heteroatoms. The molecule has 2 fully saturated rings. The number of amides is 1. The third-order valence-electron chi connectivity index (χ3n) is 13.1. The van der Waals surface area contributed by atoms with Crippen LogP contribution < -0.4 is 5.32 Å². The summed E-state index contributed by atoms with van der Waals surface area (Å²) >= 11 is 0. The first-order valence-corrected chi connectivity index (χ1v) is 26.6. The van der Waals surface area contributed by atoms with E-state index in [1.165, 1.54) is 135 Å². The highest BCUT2D eigenvalue weighted by Crippen LogP contribution is 2.30. The van der Waals surface area contributed by atoms with Crippen molar-refractivity contribution in [1.29, 1.82) is 0 Å². The lowest BCUT2D eigenvalue weighted by Crippen LogP contribution is -2.65. The predicted octanol–water partition coefficient (Wildman–Crippen LogP) is 7.33. The molecule has 14 nitrogen and oxygen atoms in total. The van der Waals surface area contributed by atoms with Crippen molar-refractivity contribution in [1.82, 2.24) is 5.32 Å². The molecule has 12 unspecified atom stereocenters. The summed E-state index contributed by atoms with van der Waals surface area (Å²) in [6.45, 7) is 2.72. The first-order valence-electron chi connectivity index (χ1n) is 26.6. The number of hydrogen-bond donors (Lipinski definition) is 9. The normalized spacial score (nSPS) is 26.9. The van der Waals surface area contributed by atoms with Gasteiger partial charge in [-0.2, -0.15) is 0 Å². The minimum absolute atomic E-state index is 0.249. The fourth-order valence-electron chi connectivity index (χ4n) is 8.78. The van der Waals surface area contributed by atoms with Gasteiger partial charge < -0.3 is 65.1 Å². The van der Waals surface area contributed by atoms with Crippen LogP contribution in [0.3, 0.4) is 0 Å². The summed E-state index contributed by atoms with van der Waals surface area (Å²) in [6, 6.07) is -0.925. The fraction of sp³-hybridized carbons (Fsp3) is 0.904. The lowest BCUT2D eigenvalue weighted by molar-refractivity contribution is -0.359. The van der Waals surface area contributed by atoms with Crippen molar-refractivity contribution in [3.05, 3.63) is 24.3 Å². The summed E-state index contributed by atoms with van der Waals surface area (Å²) in [6.07, 6.45) is 26.8. The highest BCUT2D eigenvalue weighted by Gasteiger charge is 2.51. The van der Waals surface area contributed by atoms with Crippen LogP contribution in [0.25, 0.3) is 0 Å². The Morgan fingerprint density at radius 1 is 0.530 bits per heavy atom. The first kappa shape index (κ1) is 60.6. The van der Waals surface area contributed by atoms with Gasteiger partial charge in [0, 0.05) is 6.42 Å². The van der Waals surface area contributed by atoms with Gasteiger partial charge in [0.2, 0.25) is 5.91 Å². The summed E-state index contributed by atoms with van der Waals surface area (Å²) < 4.78 is 22.6. The summed E-state index contributed by atoms with van der Waals surface area (Å²) in [7, 11) is 0. The third-order valence-corrected chi connectivity index (χ3v) is 13.1. The van der Waals surface area contributed by atoms with Crippen LogP contribution in [0.15, 0.2) is 24.3 Å². The number of carbonyl (C=O) groups excluding carboxylic acids is 1. The van der Waals surface area contributed by atoms with Gasteiger partial charge in [0.05, 0.1) is 32.0 Å². The topological polar surface area (TPSA) is 228 Å². The highest BCUT2D eigenvalue weighted by molar-refractivity contribution is 5.76. The zero-order chi connectivity index (χ0) is 48.2. The van der Waals surface area contributed by atoms with Gasteiger partial charge in [0.25, 0.3) is 0 Å². The predicted molar refractivity (Wildman–Crippen MR) is 258 cm³/mol. The number of aliphatic hydroxyl groups excluding tert-OH is 8. The molecule has 2 rings (SSSR count). The number of rotatable bonds is 41. The quantitative estimate of drug-likeness (QED) is 0.0216. The van der Waals surface area contributed by atoms with E-state index in [0.29, 0.717) is 12.8 Å². The number of ether oxygens (including phenoxy) is 4. The molecule has 9 N–H and O–H groups in total. The van der Waals surface area contributed by atoms with Crippen molar-refractivity contribution < 1.29 is 64.6 Å². The molecule has 0 saturated carbocycles. The van der Waals surface area contributed by atoms with Gasteiger partial charge in [-0.05, 0) is 32.1 Å². The maximum absolute atomic E-state index is 13.1. The van der Waals surface area contributed by atoms with E-state index in [4.69, 9.17) is 18.9 Å². The van der Waals surface area contributed by atoms with Crippen molar-refractivity contribution in [2.24, 2.45) is 0 Å². The molecular formula is C52H97NO13. The number of hydrogen-bond acceptors (Lipinski definition) is 13. The third kappa shape index (κ3) is 25.9. The molecule has 2 saturated heterocycles. The second kappa shape index (κ2) is 39.2. The molecule has 1 amide bonds. The molecule has 12 atom stereocenters. The smallest absolute Gasteiger partial charge is 0.220 e. The molecule has 2 aliphatic rings. The minimum Gasteiger partial charge on any atom is -0.394 e. The van der Waals surface area contributed by atoms with Gasteiger partial charge in [-0.15, -0.1) is 0 Å². The second-order valence-corrected chi connectivity index (χ2v) is 19.0. The highest BCUT2D eigenvalue weighted by atomic mass is 16.7. The number of carbonyl (C=O) groups is 1. The Hall–Kier alpha value is -1.53. The molecule has 2 aliphatic heterocycles. The number of nitrogens with one attached hydrogen (secondary N) is 1. The van der Waals surface area contributed by atoms with Crippen molar-refractivity contribution in [3.63, 3.8) is 0 Å². The van der Waals surface area contributed by atoms with E-state index in [9.17, 15) is 45.6 Å². The molecule has 0 aromatic carbocycles. The van der Waals surface area contributed by atoms with Crippen LogP contribution in [0.2, 0.25) is 0 Å². The minimum atomic E-state index is -1.79. The first-order chi connectivity index (χ1) is 32.1. The molecule has 66 heavy (non-hydrogen) atoms. The van der Waals surface area contributed by atoms with Gasteiger partial charge in [0.1, 0.15) is 48.8 Å². The Kier molecular flexibility index (Phi) is 36.0. The Morgan fingerprint density at radius 2 is 0.970 bits per heavy atom. The molecule has 0 aromatic heterocycles. The Bertz CT molecular complexity index is 1210. The van der Waals surface area contributed by atoms with Crippen molar-refractivity contribution in [2.75, 3.05) is 19.8 Å². The Labute approximate surface area is 398 Å². The number of allylic oxidation sites excluding steroid dienone is 3. The van der Waals surface area contributed by atoms with Gasteiger partial charge in [0.15, 0.2) is 12.6 Å². The Balaban J connectivity index is 1.73. The Morgan fingerprint density at radius 3 is 1.48 bits per heavy atom. The lowest BCUT2D eigenvalue weighted by Gasteiger charge is -2.46. The summed E-state index contributed by atoms with van der Waals surface area (Å²) in [4.78, 5) is 13.1. The van der Waals surface area contributed by atoms with Crippen LogP contribution in [-0.2, 0) is 23.7 Å². The van der Waals surface area contributed by atoms with E-state index in [1.54, 1.807) is 6.08 Å². The number of aliphatic hydroxyl groups is 8. The lowest BCUT2D eigenvalue weighted by atomic mass is 9.97. The van der Waals surface area contributed by atoms with E-state index >= 15 is 0 Å². The van der Waals surface area contributed by atoms with Crippen LogP contribution in [-0.4, -0.2) is 140 Å². The van der Waals surface area contributed by atoms with E-state index in [0.717, 1.165) is 38.5 Å². The summed E-state index contributed by atoms with van der Waals surface area (Å²) in [5, 5.41) is 86.5. The van der Waals surface area contributed by atoms with E-state index in [2.05, 4.69) is 31.3 Å². The monoisotopic (exact) mass is 944 g/mol. The standard InChI is InChI=1S/C52H97NO13/c1-3-5-7-9-11-13-14-15-16-17-18-19-20-21-22-23-24-25-26-28-30-32-34-36-44(57)53-40(41(56)35-33-31-29-27-12-10-8-6-4-2)39-63-51-49(62)47(60)50(43(38-55)65-51)66-52-48(61)46(59)45(58)42(37-54)64-52/h12,27,33,35,40-43,45-52,54-56,58-62H,3-11,13-26,28-32,34,36-39H2,1-2H3,(H,53,57)/b27-12+,35-33+. The largest absolute Gasteiger partial charge is 0.394 e. The molecule has 0 spiro atoms. The summed E-state index contributed by atoms with van der Waals surface area (Å²) in [5.41, 5.74) is 0. The van der Waals surface area contributed by atoms with Crippen LogP contribution in [0.1, 0.15) is 206 Å². The van der Waals surface area contributed by atoms with Crippen LogP contribution in [0.4, 0.5) is 0 Å². The molecular weight excluding hydrogens is 847 g/mol. The fourth-order valence-corrected chi connectivity index (χ4v) is 8.78. The molecule has 0 bridgehead atoms. The van der Waals surface area contributed by atoms with Crippen LogP contribution >= 0.6 is 0 Å². The SMILES string of the molecule is CCCCC/C=C/CC/C=C/C(O)C(COC1OC(CO)C(OC2OC(CO)C(O)C(O)C2O)C(O)C1O)NC(=O)CCCCCCCCCCCCCCCCCCCCCCCCC. The zero-order valence-electron chi connectivity index (χ0n) is 41.2. The molecule has 0 aromatic rings. The van der Waals surface area contributed by atoms with Crippen molar-refractivity contribution in [3.8, 4) is 0 Å². The van der Waals surface area contributed by atoms with Gasteiger partial charge >= 0.3 is 0 Å². The van der Waals surface area contributed by atoms with Gasteiger partial charge in [-0.1, -0.05) is 192 Å². The summed E-state index contributed by atoms with van der Waals surface area (Å²) in [5.74, 6) is -0.249. The van der Waals surface area contributed by atoms with E-state index < -0.39 is 86.8 Å². The van der Waals surface area contributed by atoms with Crippen LogP contribution in [0, 0.1) is 0 Å². The average Bonchev–Trinajstić information content (AvgIpc) is 3.31. The second-order valence-electron chi connectivity index (χ2n) is 19.0.